The number of anilines is 1. The number of aliphatic hydroxyl groups excluding tert-OH is 1. The van der Waals surface area contributed by atoms with E-state index in [0.717, 1.165) is 5.56 Å². The van der Waals surface area contributed by atoms with Gasteiger partial charge in [-0.25, -0.2) is 4.39 Å². The number of aryl methyl sites for hydroxylation is 1. The van der Waals surface area contributed by atoms with Crippen LogP contribution in [0.25, 0.3) is 5.76 Å². The molecule has 1 heterocycles. The molecule has 6 nitrogen and oxygen atoms in total. The normalized spacial score (nSPS) is 17.4. The number of Topliss-reactive ketones (excluding diaryl/α,β-unsaturated/α-hetero) is 1. The number of carbonyl (C=O) groups is 2. The number of ether oxygens (including phenoxy) is 1. The Kier molecular flexibility index (Phi) is 5.87. The number of nitrogens with zero attached hydrogens (tertiary/aromatic N) is 1. The molecule has 1 fully saturated rings. The number of aromatic hydroxyl groups is 1. The second kappa shape index (κ2) is 8.78. The molecule has 33 heavy (non-hydrogen) atoms. The monoisotopic (exact) mass is 447 g/mol. The van der Waals surface area contributed by atoms with Gasteiger partial charge in [0.1, 0.15) is 23.1 Å². The number of rotatable bonds is 5. The maximum atomic E-state index is 13.5. The summed E-state index contributed by atoms with van der Waals surface area (Å²) in [6.07, 6.45) is 0. The van der Waals surface area contributed by atoms with Gasteiger partial charge in [-0.2, -0.15) is 0 Å². The van der Waals surface area contributed by atoms with Gasteiger partial charge in [0.2, 0.25) is 0 Å². The van der Waals surface area contributed by atoms with Gasteiger partial charge in [-0.15, -0.1) is 0 Å². The van der Waals surface area contributed by atoms with E-state index in [4.69, 9.17) is 4.74 Å². The molecular formula is C26H22FNO5. The van der Waals surface area contributed by atoms with E-state index in [1.807, 2.05) is 13.8 Å². The SMILES string of the molecule is CCOc1ccc(/C(O)=C2/C(=O)C(=O)N(c3ccc(F)cc3)C2c2ccc(O)cc2)cc1C. The van der Waals surface area contributed by atoms with Crippen LogP contribution in [0.1, 0.15) is 29.7 Å². The van der Waals surface area contributed by atoms with Gasteiger partial charge in [-0.3, -0.25) is 14.5 Å². The first-order valence-electron chi connectivity index (χ1n) is 10.4. The summed E-state index contributed by atoms with van der Waals surface area (Å²) >= 11 is 0. The van der Waals surface area contributed by atoms with Crippen molar-refractivity contribution in [2.45, 2.75) is 19.9 Å². The Labute approximate surface area is 190 Å². The molecule has 1 atom stereocenters. The standard InChI is InChI=1S/C26H22FNO5/c1-3-33-21-13-6-17(14-15(21)2)24(30)22-23(16-4-11-20(29)12-5-16)28(26(32)25(22)31)19-9-7-18(27)8-10-19/h4-14,23,29-30H,3H2,1-2H3/b24-22-. The number of aliphatic hydroxyl groups is 1. The summed E-state index contributed by atoms with van der Waals surface area (Å²) < 4.78 is 19.0. The molecule has 0 spiro atoms. The van der Waals surface area contributed by atoms with E-state index in [0.29, 0.717) is 29.2 Å². The lowest BCUT2D eigenvalue weighted by Gasteiger charge is -2.25. The van der Waals surface area contributed by atoms with Gasteiger partial charge in [-0.05, 0) is 79.6 Å². The molecule has 0 bridgehead atoms. The molecule has 7 heteroatoms. The number of hydrogen-bond acceptors (Lipinski definition) is 5. The predicted molar refractivity (Wildman–Crippen MR) is 122 cm³/mol. The minimum Gasteiger partial charge on any atom is -0.508 e. The fourth-order valence-corrected chi connectivity index (χ4v) is 3.94. The Morgan fingerprint density at radius 2 is 1.70 bits per heavy atom. The molecule has 4 rings (SSSR count). The van der Waals surface area contributed by atoms with Gasteiger partial charge in [0, 0.05) is 11.3 Å². The molecule has 1 unspecified atom stereocenters. The van der Waals surface area contributed by atoms with Crippen LogP contribution in [-0.2, 0) is 9.59 Å². The van der Waals surface area contributed by atoms with Crippen molar-refractivity contribution >= 4 is 23.1 Å². The van der Waals surface area contributed by atoms with Crippen LogP contribution in [0.2, 0.25) is 0 Å². The number of hydrogen-bond donors (Lipinski definition) is 2. The van der Waals surface area contributed by atoms with E-state index < -0.39 is 23.5 Å². The lowest BCUT2D eigenvalue weighted by atomic mass is 9.94. The average Bonchev–Trinajstić information content (AvgIpc) is 3.06. The minimum absolute atomic E-state index is 0.0135. The van der Waals surface area contributed by atoms with E-state index in [1.165, 1.54) is 41.3 Å². The lowest BCUT2D eigenvalue weighted by molar-refractivity contribution is -0.132. The Morgan fingerprint density at radius 3 is 2.30 bits per heavy atom. The number of phenolic OH excluding ortho intramolecular Hbond substituents is 1. The van der Waals surface area contributed by atoms with Gasteiger partial charge >= 0.3 is 0 Å². The Balaban J connectivity index is 1.90. The van der Waals surface area contributed by atoms with Crippen molar-refractivity contribution in [1.29, 1.82) is 0 Å². The van der Waals surface area contributed by atoms with Crippen LogP contribution in [0.15, 0.2) is 72.3 Å². The number of carbonyl (C=O) groups excluding carboxylic acids is 2. The number of ketones is 1. The van der Waals surface area contributed by atoms with Crippen molar-refractivity contribution in [2.75, 3.05) is 11.5 Å². The highest BCUT2D eigenvalue weighted by Gasteiger charge is 2.47. The summed E-state index contributed by atoms with van der Waals surface area (Å²) in [5, 5.41) is 20.9. The maximum absolute atomic E-state index is 13.5. The zero-order chi connectivity index (χ0) is 23.7. The van der Waals surface area contributed by atoms with E-state index in [9.17, 15) is 24.2 Å². The first-order valence-corrected chi connectivity index (χ1v) is 10.4. The predicted octanol–water partition coefficient (Wildman–Crippen LogP) is 4.86. The molecule has 0 radical (unpaired) electrons. The Morgan fingerprint density at radius 1 is 1.03 bits per heavy atom. The zero-order valence-corrected chi connectivity index (χ0v) is 18.1. The fourth-order valence-electron chi connectivity index (χ4n) is 3.94. The molecule has 0 aromatic heterocycles. The van der Waals surface area contributed by atoms with Crippen LogP contribution in [0.3, 0.4) is 0 Å². The molecule has 1 saturated heterocycles. The van der Waals surface area contributed by atoms with Crippen LogP contribution >= 0.6 is 0 Å². The first-order chi connectivity index (χ1) is 15.8. The van der Waals surface area contributed by atoms with Crippen LogP contribution < -0.4 is 9.64 Å². The summed E-state index contributed by atoms with van der Waals surface area (Å²) in [6.45, 7) is 4.16. The summed E-state index contributed by atoms with van der Waals surface area (Å²) in [5.41, 5.74) is 1.82. The van der Waals surface area contributed by atoms with Crippen molar-refractivity contribution in [1.82, 2.24) is 0 Å². The smallest absolute Gasteiger partial charge is 0.300 e. The molecule has 1 aliphatic rings. The van der Waals surface area contributed by atoms with Crippen LogP contribution in [0, 0.1) is 12.7 Å². The summed E-state index contributed by atoms with van der Waals surface area (Å²) in [5.74, 6) is -1.86. The maximum Gasteiger partial charge on any atom is 0.300 e. The number of halogens is 1. The van der Waals surface area contributed by atoms with E-state index >= 15 is 0 Å². The van der Waals surface area contributed by atoms with Crippen molar-refractivity contribution in [3.63, 3.8) is 0 Å². The van der Waals surface area contributed by atoms with Crippen LogP contribution in [0.5, 0.6) is 11.5 Å². The van der Waals surface area contributed by atoms with E-state index in [2.05, 4.69) is 0 Å². The third-order valence-corrected chi connectivity index (χ3v) is 5.51. The molecule has 168 valence electrons. The molecule has 0 saturated carbocycles. The molecule has 1 aliphatic heterocycles. The molecule has 0 aliphatic carbocycles. The quantitative estimate of drug-likeness (QED) is 0.331. The van der Waals surface area contributed by atoms with Gasteiger partial charge in [0.25, 0.3) is 11.7 Å². The van der Waals surface area contributed by atoms with Crippen molar-refractivity contribution in [3.05, 3.63) is 94.8 Å². The second-order valence-corrected chi connectivity index (χ2v) is 7.65. The average molecular weight is 447 g/mol. The second-order valence-electron chi connectivity index (χ2n) is 7.65. The summed E-state index contributed by atoms with van der Waals surface area (Å²) in [7, 11) is 0. The fraction of sp³-hybridized carbons (Fsp3) is 0.154. The Bertz CT molecular complexity index is 1250. The van der Waals surface area contributed by atoms with Crippen LogP contribution in [0.4, 0.5) is 10.1 Å². The van der Waals surface area contributed by atoms with Crippen molar-refractivity contribution < 1.29 is 28.9 Å². The van der Waals surface area contributed by atoms with Crippen LogP contribution in [-0.4, -0.2) is 28.5 Å². The van der Waals surface area contributed by atoms with Crippen molar-refractivity contribution in [3.8, 4) is 11.5 Å². The Hall–Kier alpha value is -4.13. The largest absolute Gasteiger partial charge is 0.508 e. The van der Waals surface area contributed by atoms with Gasteiger partial charge < -0.3 is 14.9 Å². The van der Waals surface area contributed by atoms with Gasteiger partial charge in [0.05, 0.1) is 18.2 Å². The lowest BCUT2D eigenvalue weighted by Crippen LogP contribution is -2.29. The highest BCUT2D eigenvalue weighted by molar-refractivity contribution is 6.51. The topological polar surface area (TPSA) is 87.1 Å². The molecule has 2 N–H and O–H groups in total. The number of benzene rings is 3. The van der Waals surface area contributed by atoms with E-state index in [-0.39, 0.29) is 17.1 Å². The van der Waals surface area contributed by atoms with Gasteiger partial charge in [0.15, 0.2) is 0 Å². The highest BCUT2D eigenvalue weighted by atomic mass is 19.1. The van der Waals surface area contributed by atoms with E-state index in [1.54, 1.807) is 30.3 Å². The number of amides is 1. The molecular weight excluding hydrogens is 425 g/mol. The molecule has 3 aromatic rings. The minimum atomic E-state index is -0.970. The third kappa shape index (κ3) is 4.05. The molecule has 1 amide bonds. The van der Waals surface area contributed by atoms with Gasteiger partial charge in [-0.1, -0.05) is 12.1 Å². The number of phenols is 1. The highest BCUT2D eigenvalue weighted by Crippen LogP contribution is 2.42. The third-order valence-electron chi connectivity index (χ3n) is 5.51. The summed E-state index contributed by atoms with van der Waals surface area (Å²) in [4.78, 5) is 27.4. The summed E-state index contributed by atoms with van der Waals surface area (Å²) in [6, 6.07) is 15.2. The molecule has 3 aromatic carbocycles. The zero-order valence-electron chi connectivity index (χ0n) is 18.1. The van der Waals surface area contributed by atoms with Crippen molar-refractivity contribution in [2.24, 2.45) is 0 Å². The first kappa shape index (κ1) is 22.1.